The number of rotatable bonds is 0. The number of carbonyl (C=O) groups is 2. The monoisotopic (exact) mass is 181 g/mol. The number of fused-ring (bicyclic) bond motifs is 1. The third-order valence-corrected chi connectivity index (χ3v) is 1.84. The topological polar surface area (TPSA) is 57.6 Å². The number of amides is 2. The number of halogens is 1. The predicted molar refractivity (Wildman–Crippen MR) is 38.7 cm³/mol. The molecular formula is C8H4FNO3. The van der Waals surface area contributed by atoms with Crippen molar-refractivity contribution in [2.75, 3.05) is 0 Å². The van der Waals surface area contributed by atoms with Crippen molar-refractivity contribution in [1.29, 1.82) is 0 Å². The molecule has 2 rings (SSSR count). The molecule has 0 saturated heterocycles. The van der Waals surface area contributed by atoms with Crippen molar-refractivity contribution in [1.82, 2.24) is 5.06 Å². The molecule has 1 aromatic rings. The molecule has 4 nitrogen and oxygen atoms in total. The molecule has 66 valence electrons. The predicted octanol–water partition coefficient (Wildman–Crippen LogP) is 0.811. The van der Waals surface area contributed by atoms with Crippen LogP contribution in [0.1, 0.15) is 20.7 Å². The van der Waals surface area contributed by atoms with Crippen LogP contribution in [0.15, 0.2) is 18.2 Å². The maximum atomic E-state index is 13.0. The molecule has 0 aliphatic carbocycles. The fourth-order valence-corrected chi connectivity index (χ4v) is 1.23. The van der Waals surface area contributed by atoms with Gasteiger partial charge in [-0.05, 0) is 12.1 Å². The molecule has 2 amide bonds. The summed E-state index contributed by atoms with van der Waals surface area (Å²) in [7, 11) is 0. The Morgan fingerprint density at radius 3 is 2.54 bits per heavy atom. The zero-order valence-corrected chi connectivity index (χ0v) is 6.32. The zero-order chi connectivity index (χ0) is 9.59. The zero-order valence-electron chi connectivity index (χ0n) is 6.32. The Labute approximate surface area is 72.2 Å². The summed E-state index contributed by atoms with van der Waals surface area (Å²) in [5.74, 6) is -2.70. The minimum absolute atomic E-state index is 0.0895. The van der Waals surface area contributed by atoms with E-state index in [1.165, 1.54) is 12.1 Å². The number of hydrogen-bond donors (Lipinski definition) is 1. The Balaban J connectivity index is 2.74. The number of hydroxylamine groups is 2. The maximum absolute atomic E-state index is 13.0. The molecule has 0 unspecified atom stereocenters. The van der Waals surface area contributed by atoms with Gasteiger partial charge in [0.1, 0.15) is 5.82 Å². The van der Waals surface area contributed by atoms with Gasteiger partial charge in [-0.25, -0.2) is 4.39 Å². The third kappa shape index (κ3) is 0.874. The Bertz CT molecular complexity index is 416. The second-order valence-corrected chi connectivity index (χ2v) is 2.58. The van der Waals surface area contributed by atoms with Gasteiger partial charge in [0.2, 0.25) is 0 Å². The molecule has 0 saturated carbocycles. The van der Waals surface area contributed by atoms with Crippen LogP contribution < -0.4 is 0 Å². The largest absolute Gasteiger partial charge is 0.288 e. The first-order chi connectivity index (χ1) is 6.13. The lowest BCUT2D eigenvalue weighted by atomic mass is 10.1. The molecule has 13 heavy (non-hydrogen) atoms. The van der Waals surface area contributed by atoms with Crippen LogP contribution in [0, 0.1) is 5.82 Å². The minimum atomic E-state index is -1.02. The quantitative estimate of drug-likeness (QED) is 0.476. The van der Waals surface area contributed by atoms with Crippen LogP contribution >= 0.6 is 0 Å². The van der Waals surface area contributed by atoms with Gasteiger partial charge >= 0.3 is 0 Å². The molecule has 1 N–H and O–H groups in total. The highest BCUT2D eigenvalue weighted by Gasteiger charge is 2.37. The standard InChI is InChI=1S/C8H4FNO3/c9-5-3-1-2-4-6(5)8(12)10(13)7(4)11/h1-3,13H. The molecule has 1 aliphatic rings. The Morgan fingerprint density at radius 1 is 1.23 bits per heavy atom. The molecule has 5 heteroatoms. The Hall–Kier alpha value is -1.75. The van der Waals surface area contributed by atoms with E-state index >= 15 is 0 Å². The van der Waals surface area contributed by atoms with Gasteiger partial charge in [0.25, 0.3) is 11.8 Å². The smallest absolute Gasteiger partial charge is 0.278 e. The summed E-state index contributed by atoms with van der Waals surface area (Å²) in [6.07, 6.45) is 0. The lowest BCUT2D eigenvalue weighted by Crippen LogP contribution is -2.25. The second kappa shape index (κ2) is 2.37. The lowest BCUT2D eigenvalue weighted by molar-refractivity contribution is -0.0328. The molecule has 1 aliphatic heterocycles. The molecule has 0 spiro atoms. The number of carbonyl (C=O) groups excluding carboxylic acids is 2. The highest BCUT2D eigenvalue weighted by atomic mass is 19.1. The van der Waals surface area contributed by atoms with E-state index in [4.69, 9.17) is 5.21 Å². The second-order valence-electron chi connectivity index (χ2n) is 2.58. The Morgan fingerprint density at radius 2 is 1.92 bits per heavy atom. The van der Waals surface area contributed by atoms with E-state index in [-0.39, 0.29) is 16.2 Å². The normalized spacial score (nSPS) is 15.1. The van der Waals surface area contributed by atoms with E-state index in [1.807, 2.05) is 0 Å². The van der Waals surface area contributed by atoms with Crippen LogP contribution in [0.3, 0.4) is 0 Å². The van der Waals surface area contributed by atoms with Gasteiger partial charge in [-0.3, -0.25) is 14.8 Å². The van der Waals surface area contributed by atoms with Gasteiger partial charge in [-0.15, -0.1) is 5.06 Å². The van der Waals surface area contributed by atoms with Gasteiger partial charge in [0, 0.05) is 0 Å². The molecule has 0 aromatic heterocycles. The van der Waals surface area contributed by atoms with E-state index in [1.54, 1.807) is 0 Å². The average Bonchev–Trinajstić information content (AvgIpc) is 2.33. The van der Waals surface area contributed by atoms with Gasteiger partial charge in [0.05, 0.1) is 11.1 Å². The molecule has 1 heterocycles. The fourth-order valence-electron chi connectivity index (χ4n) is 1.23. The average molecular weight is 181 g/mol. The van der Waals surface area contributed by atoms with Crippen molar-refractivity contribution in [3.63, 3.8) is 0 Å². The van der Waals surface area contributed by atoms with Gasteiger partial charge in [0.15, 0.2) is 0 Å². The number of benzene rings is 1. The first-order valence-electron chi connectivity index (χ1n) is 3.49. The Kier molecular flexibility index (Phi) is 1.43. The molecule has 0 bridgehead atoms. The lowest BCUT2D eigenvalue weighted by Gasteiger charge is -1.99. The molecule has 1 aromatic carbocycles. The van der Waals surface area contributed by atoms with E-state index in [9.17, 15) is 14.0 Å². The van der Waals surface area contributed by atoms with Crippen molar-refractivity contribution in [3.05, 3.63) is 35.1 Å². The van der Waals surface area contributed by atoms with Crippen LogP contribution in [-0.2, 0) is 0 Å². The molecule has 0 atom stereocenters. The van der Waals surface area contributed by atoms with Crippen LogP contribution in [0.2, 0.25) is 0 Å². The van der Waals surface area contributed by atoms with Gasteiger partial charge < -0.3 is 0 Å². The van der Waals surface area contributed by atoms with E-state index in [2.05, 4.69) is 0 Å². The minimum Gasteiger partial charge on any atom is -0.278 e. The van der Waals surface area contributed by atoms with Crippen molar-refractivity contribution in [2.45, 2.75) is 0 Å². The summed E-state index contributed by atoms with van der Waals surface area (Å²) in [5, 5.41) is 8.79. The first-order valence-corrected chi connectivity index (χ1v) is 3.49. The highest BCUT2D eigenvalue weighted by molar-refractivity contribution is 6.20. The fraction of sp³-hybridized carbons (Fsp3) is 0. The van der Waals surface area contributed by atoms with Crippen molar-refractivity contribution in [2.24, 2.45) is 0 Å². The number of imide groups is 1. The summed E-state index contributed by atoms with van der Waals surface area (Å²) in [6, 6.07) is 3.65. The highest BCUT2D eigenvalue weighted by Crippen LogP contribution is 2.23. The van der Waals surface area contributed by atoms with Crippen LogP contribution in [0.5, 0.6) is 0 Å². The van der Waals surface area contributed by atoms with Gasteiger partial charge in [-0.2, -0.15) is 0 Å². The van der Waals surface area contributed by atoms with Crippen molar-refractivity contribution >= 4 is 11.8 Å². The third-order valence-electron chi connectivity index (χ3n) is 1.84. The summed E-state index contributed by atoms with van der Waals surface area (Å²) >= 11 is 0. The van der Waals surface area contributed by atoms with Crippen molar-refractivity contribution < 1.29 is 19.2 Å². The summed E-state index contributed by atoms with van der Waals surface area (Å²) < 4.78 is 13.0. The van der Waals surface area contributed by atoms with Crippen LogP contribution in [0.25, 0.3) is 0 Å². The SMILES string of the molecule is O=C1c2cccc(F)c2C(=O)N1O. The van der Waals surface area contributed by atoms with E-state index in [0.717, 1.165) is 6.07 Å². The van der Waals surface area contributed by atoms with Gasteiger partial charge in [-0.1, -0.05) is 6.07 Å². The first kappa shape index (κ1) is 7.88. The summed E-state index contributed by atoms with van der Waals surface area (Å²) in [6.45, 7) is 0. The molecule has 0 fully saturated rings. The van der Waals surface area contributed by atoms with E-state index < -0.39 is 17.6 Å². The van der Waals surface area contributed by atoms with Crippen molar-refractivity contribution in [3.8, 4) is 0 Å². The van der Waals surface area contributed by atoms with E-state index in [0.29, 0.717) is 0 Å². The summed E-state index contributed by atoms with van der Waals surface area (Å²) in [5.41, 5.74) is -0.470. The summed E-state index contributed by atoms with van der Waals surface area (Å²) in [4.78, 5) is 22.1. The molecule has 0 radical (unpaired) electrons. The van der Waals surface area contributed by atoms with Crippen LogP contribution in [-0.4, -0.2) is 22.1 Å². The molecular weight excluding hydrogens is 177 g/mol. The maximum Gasteiger partial charge on any atom is 0.288 e. The van der Waals surface area contributed by atoms with Crippen LogP contribution in [0.4, 0.5) is 4.39 Å². The number of nitrogens with zero attached hydrogens (tertiary/aromatic N) is 1. The number of hydrogen-bond acceptors (Lipinski definition) is 3.